The Kier molecular flexibility index (Phi) is 8.90. The summed E-state index contributed by atoms with van der Waals surface area (Å²) in [7, 11) is 0. The Hall–Kier alpha value is 0.0500. The molecule has 0 heterocycles. The second-order valence-corrected chi connectivity index (χ2v) is 6.51. The largest absolute Gasteiger partial charge is 0.126 e. The van der Waals surface area contributed by atoms with E-state index in [2.05, 4.69) is 47.1 Å². The summed E-state index contributed by atoms with van der Waals surface area (Å²) in [5, 5.41) is 0. The first-order valence-corrected chi connectivity index (χ1v) is 8.49. The van der Waals surface area contributed by atoms with E-state index in [1.807, 2.05) is 11.8 Å². The van der Waals surface area contributed by atoms with Crippen molar-refractivity contribution in [3.63, 3.8) is 0 Å². The lowest BCUT2D eigenvalue weighted by Gasteiger charge is -2.02. The van der Waals surface area contributed by atoms with Gasteiger partial charge in [0.25, 0.3) is 0 Å². The molecule has 0 atom stereocenters. The van der Waals surface area contributed by atoms with Gasteiger partial charge in [0.1, 0.15) is 0 Å². The van der Waals surface area contributed by atoms with Crippen LogP contribution >= 0.6 is 27.7 Å². The Labute approximate surface area is 119 Å². The topological polar surface area (TPSA) is 0 Å². The third kappa shape index (κ3) is 7.88. The zero-order valence-corrected chi connectivity index (χ0v) is 13.2. The zero-order valence-electron chi connectivity index (χ0n) is 10.8. The molecule has 1 aromatic rings. The minimum absolute atomic E-state index is 1.16. The van der Waals surface area contributed by atoms with Crippen molar-refractivity contribution in [2.45, 2.75) is 56.8 Å². The maximum absolute atomic E-state index is 3.46. The zero-order chi connectivity index (χ0) is 12.3. The van der Waals surface area contributed by atoms with Crippen molar-refractivity contribution in [3.8, 4) is 0 Å². The normalized spacial score (nSPS) is 10.7. The number of benzene rings is 1. The highest BCUT2D eigenvalue weighted by atomic mass is 79.9. The van der Waals surface area contributed by atoms with Crippen LogP contribution in [0.15, 0.2) is 33.6 Å². The number of unbranched alkanes of at least 4 members (excludes halogenated alkanes) is 6. The van der Waals surface area contributed by atoms with Gasteiger partial charge in [-0.05, 0) is 36.4 Å². The summed E-state index contributed by atoms with van der Waals surface area (Å²) in [4.78, 5) is 1.39. The Morgan fingerprint density at radius 2 is 1.47 bits per heavy atom. The molecule has 96 valence electrons. The van der Waals surface area contributed by atoms with Crippen LogP contribution in [0, 0.1) is 0 Å². The van der Waals surface area contributed by atoms with Crippen molar-refractivity contribution in [2.24, 2.45) is 0 Å². The predicted molar refractivity (Wildman–Crippen MR) is 82.9 cm³/mol. The lowest BCUT2D eigenvalue weighted by molar-refractivity contribution is 0.603. The van der Waals surface area contributed by atoms with Gasteiger partial charge in [0, 0.05) is 9.37 Å². The molecule has 0 aromatic heterocycles. The number of hydrogen-bond donors (Lipinski definition) is 0. The molecule has 0 bridgehead atoms. The number of hydrogen-bond acceptors (Lipinski definition) is 1. The number of halogens is 1. The van der Waals surface area contributed by atoms with Crippen LogP contribution < -0.4 is 0 Å². The van der Waals surface area contributed by atoms with Gasteiger partial charge in [-0.2, -0.15) is 0 Å². The fourth-order valence-corrected chi connectivity index (χ4v) is 2.96. The summed E-state index contributed by atoms with van der Waals surface area (Å²) in [5.41, 5.74) is 0. The molecule has 0 saturated heterocycles. The van der Waals surface area contributed by atoms with E-state index in [4.69, 9.17) is 0 Å². The highest BCUT2D eigenvalue weighted by molar-refractivity contribution is 9.10. The summed E-state index contributed by atoms with van der Waals surface area (Å²) < 4.78 is 1.16. The lowest BCUT2D eigenvalue weighted by Crippen LogP contribution is -1.83. The summed E-state index contributed by atoms with van der Waals surface area (Å²) in [6.07, 6.45) is 9.78. The predicted octanol–water partition coefficient (Wildman–Crippen LogP) is 6.29. The molecule has 0 aliphatic rings. The SMILES string of the molecule is CCCCCCCCCSc1ccc(Br)cc1. The second-order valence-electron chi connectivity index (χ2n) is 4.42. The molecule has 0 unspecified atom stereocenters. The molecule has 0 nitrogen and oxygen atoms in total. The summed E-state index contributed by atoms with van der Waals surface area (Å²) in [6, 6.07) is 8.62. The monoisotopic (exact) mass is 314 g/mol. The third-order valence-electron chi connectivity index (χ3n) is 2.83. The average molecular weight is 315 g/mol. The van der Waals surface area contributed by atoms with E-state index in [-0.39, 0.29) is 0 Å². The van der Waals surface area contributed by atoms with Crippen molar-refractivity contribution in [2.75, 3.05) is 5.75 Å². The molecular weight excluding hydrogens is 292 g/mol. The Morgan fingerprint density at radius 1 is 0.882 bits per heavy atom. The first-order chi connectivity index (χ1) is 8.33. The smallest absolute Gasteiger partial charge is 0.0176 e. The van der Waals surface area contributed by atoms with Crippen LogP contribution in [0.3, 0.4) is 0 Å². The van der Waals surface area contributed by atoms with Crippen molar-refractivity contribution < 1.29 is 0 Å². The highest BCUT2D eigenvalue weighted by Gasteiger charge is 1.95. The fraction of sp³-hybridized carbons (Fsp3) is 0.600. The van der Waals surface area contributed by atoms with Crippen LogP contribution in [0.4, 0.5) is 0 Å². The van der Waals surface area contributed by atoms with Gasteiger partial charge in [0.2, 0.25) is 0 Å². The average Bonchev–Trinajstić information content (AvgIpc) is 2.35. The van der Waals surface area contributed by atoms with E-state index in [9.17, 15) is 0 Å². The molecule has 0 spiro atoms. The number of rotatable bonds is 9. The molecule has 0 saturated carbocycles. The van der Waals surface area contributed by atoms with Crippen LogP contribution in [0.5, 0.6) is 0 Å². The number of thioether (sulfide) groups is 1. The lowest BCUT2D eigenvalue weighted by atomic mass is 10.1. The van der Waals surface area contributed by atoms with Gasteiger partial charge >= 0.3 is 0 Å². The molecule has 0 radical (unpaired) electrons. The standard InChI is InChI=1S/C15H23BrS/c1-2-3-4-5-6-7-8-13-17-15-11-9-14(16)10-12-15/h9-12H,2-8,13H2,1H3. The highest BCUT2D eigenvalue weighted by Crippen LogP contribution is 2.22. The molecule has 1 rings (SSSR count). The summed E-state index contributed by atoms with van der Waals surface area (Å²) in [6.45, 7) is 2.27. The van der Waals surface area contributed by atoms with E-state index >= 15 is 0 Å². The minimum atomic E-state index is 1.16. The molecule has 0 N–H and O–H groups in total. The van der Waals surface area contributed by atoms with Crippen molar-refractivity contribution in [1.29, 1.82) is 0 Å². The molecule has 0 fully saturated rings. The molecule has 0 amide bonds. The van der Waals surface area contributed by atoms with E-state index in [0.29, 0.717) is 0 Å². The van der Waals surface area contributed by atoms with E-state index < -0.39 is 0 Å². The van der Waals surface area contributed by atoms with Crippen LogP contribution in [0.1, 0.15) is 51.9 Å². The first-order valence-electron chi connectivity index (χ1n) is 6.71. The third-order valence-corrected chi connectivity index (χ3v) is 4.46. The summed E-state index contributed by atoms with van der Waals surface area (Å²) >= 11 is 5.44. The molecule has 1 aromatic carbocycles. The second kappa shape index (κ2) is 10.0. The molecule has 17 heavy (non-hydrogen) atoms. The van der Waals surface area contributed by atoms with E-state index in [0.717, 1.165) is 4.47 Å². The quantitative estimate of drug-likeness (QED) is 0.381. The Bertz CT molecular complexity index is 281. The van der Waals surface area contributed by atoms with Gasteiger partial charge in [0.15, 0.2) is 0 Å². The fourth-order valence-electron chi connectivity index (χ4n) is 1.78. The Balaban J connectivity index is 1.95. The van der Waals surface area contributed by atoms with Crippen LogP contribution in [-0.4, -0.2) is 5.75 Å². The maximum Gasteiger partial charge on any atom is 0.0176 e. The van der Waals surface area contributed by atoms with Gasteiger partial charge in [-0.1, -0.05) is 61.4 Å². The Morgan fingerprint density at radius 3 is 2.12 bits per heavy atom. The minimum Gasteiger partial charge on any atom is -0.126 e. The first kappa shape index (κ1) is 15.1. The molecule has 2 heteroatoms. The molecule has 0 aliphatic heterocycles. The molecule has 0 aliphatic carbocycles. The van der Waals surface area contributed by atoms with Crippen LogP contribution in [0.2, 0.25) is 0 Å². The van der Waals surface area contributed by atoms with Crippen molar-refractivity contribution in [1.82, 2.24) is 0 Å². The summed E-state index contributed by atoms with van der Waals surface area (Å²) in [5.74, 6) is 1.26. The van der Waals surface area contributed by atoms with E-state index in [1.165, 1.54) is 55.6 Å². The van der Waals surface area contributed by atoms with Gasteiger partial charge in [-0.25, -0.2) is 0 Å². The van der Waals surface area contributed by atoms with Gasteiger partial charge in [0.05, 0.1) is 0 Å². The van der Waals surface area contributed by atoms with Gasteiger partial charge < -0.3 is 0 Å². The van der Waals surface area contributed by atoms with Gasteiger partial charge in [-0.15, -0.1) is 11.8 Å². The van der Waals surface area contributed by atoms with Crippen LogP contribution in [-0.2, 0) is 0 Å². The van der Waals surface area contributed by atoms with Gasteiger partial charge in [-0.3, -0.25) is 0 Å². The molecular formula is C15H23BrS. The van der Waals surface area contributed by atoms with Crippen molar-refractivity contribution in [3.05, 3.63) is 28.7 Å². The van der Waals surface area contributed by atoms with E-state index in [1.54, 1.807) is 0 Å². The van der Waals surface area contributed by atoms with Crippen LogP contribution in [0.25, 0.3) is 0 Å². The van der Waals surface area contributed by atoms with Crippen molar-refractivity contribution >= 4 is 27.7 Å². The maximum atomic E-state index is 3.46.